The number of nitrogens with zero attached hydrogens (tertiary/aromatic N) is 2. The minimum atomic E-state index is -0.423. The molecule has 5 heteroatoms. The molecule has 14 heavy (non-hydrogen) atoms. The van der Waals surface area contributed by atoms with Crippen LogP contribution in [0.3, 0.4) is 0 Å². The van der Waals surface area contributed by atoms with Gasteiger partial charge in [-0.05, 0) is 12.0 Å². The lowest BCUT2D eigenvalue weighted by Gasteiger charge is -2.05. The first kappa shape index (κ1) is 11.5. The average molecular weight is 230 g/mol. The molecule has 0 aliphatic heterocycles. The molecule has 0 bridgehead atoms. The van der Waals surface area contributed by atoms with Crippen molar-refractivity contribution in [1.29, 1.82) is 0 Å². The minimum absolute atomic E-state index is 0.146. The van der Waals surface area contributed by atoms with Gasteiger partial charge in [-0.2, -0.15) is 4.39 Å². The van der Waals surface area contributed by atoms with Crippen LogP contribution in [0.4, 0.5) is 4.39 Å². The molecule has 0 fully saturated rings. The lowest BCUT2D eigenvalue weighted by atomic mass is 10.1. The van der Waals surface area contributed by atoms with Gasteiger partial charge in [0.25, 0.3) is 0 Å². The summed E-state index contributed by atoms with van der Waals surface area (Å²) in [5.74, 6) is -0.277. The highest BCUT2D eigenvalue weighted by Crippen LogP contribution is 2.16. The molecule has 0 N–H and O–H groups in total. The Labute approximate surface area is 92.0 Å². The summed E-state index contributed by atoms with van der Waals surface area (Å²) < 4.78 is 17.1. The van der Waals surface area contributed by atoms with E-state index in [0.717, 1.165) is 11.0 Å². The molecular formula is C9H11FN2S2. The summed E-state index contributed by atoms with van der Waals surface area (Å²) in [7, 11) is 1.01. The maximum Gasteiger partial charge on any atom is 0.216 e. The van der Waals surface area contributed by atoms with Crippen molar-refractivity contribution in [3.05, 3.63) is 29.3 Å². The highest BCUT2D eigenvalue weighted by atomic mass is 33.1. The molecule has 0 unspecified atom stereocenters. The van der Waals surface area contributed by atoms with Crippen molar-refractivity contribution in [2.75, 3.05) is 0 Å². The Morgan fingerprint density at radius 3 is 2.79 bits per heavy atom. The van der Waals surface area contributed by atoms with Crippen LogP contribution < -0.4 is 0 Å². The lowest BCUT2D eigenvalue weighted by Crippen LogP contribution is -1.99. The molecule has 0 atom stereocenters. The van der Waals surface area contributed by atoms with Crippen LogP contribution in [0.2, 0.25) is 0 Å². The van der Waals surface area contributed by atoms with Gasteiger partial charge in [0.15, 0.2) is 0 Å². The fourth-order valence-electron chi connectivity index (χ4n) is 1.04. The zero-order valence-corrected chi connectivity index (χ0v) is 9.65. The van der Waals surface area contributed by atoms with E-state index in [1.54, 1.807) is 12.1 Å². The first-order valence-corrected chi connectivity index (χ1v) is 5.98. The van der Waals surface area contributed by atoms with Crippen molar-refractivity contribution < 1.29 is 4.39 Å². The number of hydrogen-bond acceptors (Lipinski definition) is 4. The molecule has 0 aliphatic carbocycles. The number of hydrogen-bond donors (Lipinski definition) is 1. The quantitative estimate of drug-likeness (QED) is 0.283. The van der Waals surface area contributed by atoms with Crippen molar-refractivity contribution in [2.24, 2.45) is 4.40 Å². The Morgan fingerprint density at radius 2 is 2.29 bits per heavy atom. The number of pyridine rings is 1. The van der Waals surface area contributed by atoms with Gasteiger partial charge >= 0.3 is 0 Å². The average Bonchev–Trinajstić information content (AvgIpc) is 2.14. The molecule has 0 saturated heterocycles. The second-order valence-corrected chi connectivity index (χ2v) is 3.95. The fourth-order valence-corrected chi connectivity index (χ4v) is 1.34. The van der Waals surface area contributed by atoms with E-state index in [1.165, 1.54) is 6.21 Å². The molecule has 2 nitrogen and oxygen atoms in total. The van der Waals surface area contributed by atoms with Gasteiger partial charge < -0.3 is 0 Å². The van der Waals surface area contributed by atoms with Crippen LogP contribution in [0.25, 0.3) is 0 Å². The van der Waals surface area contributed by atoms with Gasteiger partial charge in [-0.15, -0.1) is 0 Å². The molecule has 0 spiro atoms. The van der Waals surface area contributed by atoms with Gasteiger partial charge in [-0.3, -0.25) is 0 Å². The summed E-state index contributed by atoms with van der Waals surface area (Å²) >= 11 is 3.83. The van der Waals surface area contributed by atoms with Crippen LogP contribution in [0.1, 0.15) is 31.0 Å². The topological polar surface area (TPSA) is 25.2 Å². The van der Waals surface area contributed by atoms with E-state index in [-0.39, 0.29) is 5.92 Å². The normalized spacial score (nSPS) is 11.5. The molecule has 1 aromatic heterocycles. The largest absolute Gasteiger partial charge is 0.218 e. The van der Waals surface area contributed by atoms with Crippen LogP contribution in [-0.4, -0.2) is 11.2 Å². The zero-order valence-electron chi connectivity index (χ0n) is 7.94. The lowest BCUT2D eigenvalue weighted by molar-refractivity contribution is 0.556. The Morgan fingerprint density at radius 1 is 1.57 bits per heavy atom. The predicted molar refractivity (Wildman–Crippen MR) is 62.5 cm³/mol. The van der Waals surface area contributed by atoms with E-state index < -0.39 is 5.95 Å². The van der Waals surface area contributed by atoms with E-state index in [0.29, 0.717) is 11.3 Å². The van der Waals surface area contributed by atoms with Crippen LogP contribution in [0, 0.1) is 5.95 Å². The second kappa shape index (κ2) is 5.36. The second-order valence-electron chi connectivity index (χ2n) is 3.09. The molecule has 0 aliphatic rings. The predicted octanol–water partition coefficient (Wildman–Crippen LogP) is 3.26. The third-order valence-electron chi connectivity index (χ3n) is 1.75. The smallest absolute Gasteiger partial charge is 0.216 e. The molecule has 0 amide bonds. The fraction of sp³-hybridized carbons (Fsp3) is 0.333. The minimum Gasteiger partial charge on any atom is -0.218 e. The maximum atomic E-state index is 13.3. The number of halogens is 1. The Kier molecular flexibility index (Phi) is 4.41. The van der Waals surface area contributed by atoms with Crippen molar-refractivity contribution >= 4 is 28.9 Å². The van der Waals surface area contributed by atoms with E-state index in [2.05, 4.69) is 21.0 Å². The zero-order chi connectivity index (χ0) is 10.6. The maximum absolute atomic E-state index is 13.3. The molecule has 1 rings (SSSR count). The van der Waals surface area contributed by atoms with Gasteiger partial charge in [-0.25, -0.2) is 9.38 Å². The van der Waals surface area contributed by atoms with E-state index in [9.17, 15) is 4.39 Å². The van der Waals surface area contributed by atoms with Crippen LogP contribution >= 0.6 is 22.6 Å². The third-order valence-corrected chi connectivity index (χ3v) is 2.24. The molecule has 0 aromatic carbocycles. The van der Waals surface area contributed by atoms with Crippen molar-refractivity contribution in [3.63, 3.8) is 0 Å². The van der Waals surface area contributed by atoms with Crippen LogP contribution in [0.15, 0.2) is 16.5 Å². The monoisotopic (exact) mass is 230 g/mol. The molecule has 1 aromatic rings. The summed E-state index contributed by atoms with van der Waals surface area (Å²) in [4.78, 5) is 3.77. The van der Waals surface area contributed by atoms with Gasteiger partial charge in [0.05, 0.1) is 11.9 Å². The van der Waals surface area contributed by atoms with Gasteiger partial charge in [0.1, 0.15) is 0 Å². The van der Waals surface area contributed by atoms with E-state index in [1.807, 2.05) is 13.8 Å². The first-order valence-electron chi connectivity index (χ1n) is 4.15. The van der Waals surface area contributed by atoms with E-state index >= 15 is 0 Å². The molecule has 76 valence electrons. The standard InChI is InChI=1S/C9H11FN2S2/c1-6(2)8-4-3-7(5-11-14-13)12-9(8)10/h3-6,13H,1-2H3/b11-5+. The van der Waals surface area contributed by atoms with Gasteiger partial charge in [0.2, 0.25) is 5.95 Å². The molecule has 0 saturated carbocycles. The van der Waals surface area contributed by atoms with E-state index in [4.69, 9.17) is 0 Å². The summed E-state index contributed by atoms with van der Waals surface area (Å²) in [6, 6.07) is 3.48. The number of thiol groups is 1. The summed E-state index contributed by atoms with van der Waals surface area (Å²) in [6.45, 7) is 3.86. The van der Waals surface area contributed by atoms with Gasteiger partial charge in [0, 0.05) is 16.5 Å². The Bertz CT molecular complexity index is 340. The van der Waals surface area contributed by atoms with Crippen LogP contribution in [0.5, 0.6) is 0 Å². The highest BCUT2D eigenvalue weighted by Gasteiger charge is 2.07. The summed E-state index contributed by atoms with van der Waals surface area (Å²) in [5.41, 5.74) is 1.13. The molecule has 0 radical (unpaired) electrons. The number of rotatable bonds is 3. The first-order chi connectivity index (χ1) is 6.65. The molecule has 1 heterocycles. The van der Waals surface area contributed by atoms with Crippen LogP contribution in [-0.2, 0) is 0 Å². The number of aromatic nitrogens is 1. The molecular weight excluding hydrogens is 219 g/mol. The SMILES string of the molecule is CC(C)c1ccc(/C=N/SS)nc1F. The van der Waals surface area contributed by atoms with Crippen molar-refractivity contribution in [3.8, 4) is 0 Å². The van der Waals surface area contributed by atoms with Crippen molar-refractivity contribution in [2.45, 2.75) is 19.8 Å². The summed E-state index contributed by atoms with van der Waals surface area (Å²) in [6.07, 6.45) is 1.48. The third kappa shape index (κ3) is 2.99. The highest BCUT2D eigenvalue weighted by molar-refractivity contribution is 8.68. The van der Waals surface area contributed by atoms with Gasteiger partial charge in [-0.1, -0.05) is 31.6 Å². The Hall–Kier alpha value is -0.550. The van der Waals surface area contributed by atoms with Crippen molar-refractivity contribution in [1.82, 2.24) is 4.98 Å². The Balaban J connectivity index is 2.94. The summed E-state index contributed by atoms with van der Waals surface area (Å²) in [5, 5.41) is 0.